The van der Waals surface area contributed by atoms with Gasteiger partial charge in [-0.3, -0.25) is 0 Å². The Morgan fingerprint density at radius 2 is 1.64 bits per heavy atom. The molecule has 1 aliphatic carbocycles. The second kappa shape index (κ2) is 2.70. The second-order valence-electron chi connectivity index (χ2n) is 2.41. The average Bonchev–Trinajstić information content (AvgIpc) is 1.86. The van der Waals surface area contributed by atoms with E-state index in [4.69, 9.17) is 5.73 Å². The molecular weight excluding hydrogens is 155 g/mol. The molecule has 2 atom stereocenters. The van der Waals surface area contributed by atoms with Crippen molar-refractivity contribution in [3.63, 3.8) is 0 Å². The second-order valence-corrected chi connectivity index (χ2v) is 2.41. The van der Waals surface area contributed by atoms with Gasteiger partial charge in [-0.2, -0.15) is 13.2 Å². The predicted octanol–water partition coefficient (Wildman–Crippen LogP) is 1.62. The minimum atomic E-state index is -4.22. The van der Waals surface area contributed by atoms with Gasteiger partial charge in [-0.15, -0.1) is 0 Å². The fraction of sp³-hybridized carbons (Fsp3) is 0.429. The van der Waals surface area contributed by atoms with Crippen LogP contribution in [0.15, 0.2) is 24.3 Å². The molecule has 11 heavy (non-hydrogen) atoms. The molecule has 0 saturated carbocycles. The van der Waals surface area contributed by atoms with Crippen LogP contribution in [0.5, 0.6) is 0 Å². The van der Waals surface area contributed by atoms with Crippen molar-refractivity contribution in [2.24, 2.45) is 11.7 Å². The van der Waals surface area contributed by atoms with Crippen LogP contribution in [0.25, 0.3) is 0 Å². The van der Waals surface area contributed by atoms with E-state index in [2.05, 4.69) is 0 Å². The van der Waals surface area contributed by atoms with Gasteiger partial charge in [0.15, 0.2) is 0 Å². The van der Waals surface area contributed by atoms with Gasteiger partial charge in [0.05, 0.1) is 5.92 Å². The highest BCUT2D eigenvalue weighted by Crippen LogP contribution is 2.31. The van der Waals surface area contributed by atoms with Crippen molar-refractivity contribution in [2.75, 3.05) is 0 Å². The first kappa shape index (κ1) is 8.33. The van der Waals surface area contributed by atoms with Crippen LogP contribution >= 0.6 is 0 Å². The lowest BCUT2D eigenvalue weighted by Crippen LogP contribution is -2.38. The molecule has 1 nitrogen and oxygen atoms in total. The Kier molecular flexibility index (Phi) is 2.04. The van der Waals surface area contributed by atoms with Crippen LogP contribution in [0, 0.1) is 5.92 Å². The molecule has 0 fully saturated rings. The van der Waals surface area contributed by atoms with Crippen LogP contribution in [-0.4, -0.2) is 12.2 Å². The maximum absolute atomic E-state index is 12.0. The highest BCUT2D eigenvalue weighted by atomic mass is 19.4. The quantitative estimate of drug-likeness (QED) is 0.577. The molecule has 0 spiro atoms. The lowest BCUT2D eigenvalue weighted by molar-refractivity contribution is -0.163. The first-order chi connectivity index (χ1) is 5.02. The summed E-state index contributed by atoms with van der Waals surface area (Å²) in [6.07, 6.45) is 1.08. The third-order valence-electron chi connectivity index (χ3n) is 1.56. The minimum absolute atomic E-state index is 0.931. The average molecular weight is 163 g/mol. The molecule has 0 radical (unpaired) electrons. The lowest BCUT2D eigenvalue weighted by atomic mass is 9.95. The van der Waals surface area contributed by atoms with Gasteiger partial charge in [0, 0.05) is 6.04 Å². The molecule has 0 amide bonds. The molecule has 0 saturated heterocycles. The third kappa shape index (κ3) is 1.83. The van der Waals surface area contributed by atoms with E-state index in [1.54, 1.807) is 0 Å². The molecular formula is C7H8F3N. The van der Waals surface area contributed by atoms with Crippen molar-refractivity contribution in [1.82, 2.24) is 0 Å². The van der Waals surface area contributed by atoms with Gasteiger partial charge in [0.1, 0.15) is 0 Å². The summed E-state index contributed by atoms with van der Waals surface area (Å²) in [4.78, 5) is 0. The van der Waals surface area contributed by atoms with E-state index >= 15 is 0 Å². The number of halogens is 3. The summed E-state index contributed by atoms with van der Waals surface area (Å²) in [5.74, 6) is -1.52. The van der Waals surface area contributed by atoms with Gasteiger partial charge in [-0.05, 0) is 0 Å². The Bertz CT molecular complexity index is 192. The number of nitrogens with two attached hydrogens (primary N) is 1. The van der Waals surface area contributed by atoms with Crippen LogP contribution < -0.4 is 5.73 Å². The van der Waals surface area contributed by atoms with Crippen molar-refractivity contribution in [1.29, 1.82) is 0 Å². The molecule has 1 aliphatic rings. The molecule has 62 valence electrons. The summed E-state index contributed by atoms with van der Waals surface area (Å²) in [6, 6.07) is -0.931. The van der Waals surface area contributed by atoms with Gasteiger partial charge in [-0.1, -0.05) is 24.3 Å². The molecule has 2 unspecified atom stereocenters. The normalized spacial score (nSPS) is 30.9. The van der Waals surface area contributed by atoms with Gasteiger partial charge in [-0.25, -0.2) is 0 Å². The fourth-order valence-corrected chi connectivity index (χ4v) is 0.952. The first-order valence-corrected chi connectivity index (χ1v) is 3.19. The van der Waals surface area contributed by atoms with Gasteiger partial charge < -0.3 is 5.73 Å². The number of allylic oxidation sites excluding steroid dienone is 2. The molecule has 0 aromatic carbocycles. The number of hydrogen-bond donors (Lipinski definition) is 1. The maximum Gasteiger partial charge on any atom is 0.396 e. The maximum atomic E-state index is 12.0. The molecule has 0 aliphatic heterocycles. The monoisotopic (exact) mass is 163 g/mol. The van der Waals surface area contributed by atoms with Crippen molar-refractivity contribution < 1.29 is 13.2 Å². The molecule has 0 aromatic rings. The lowest BCUT2D eigenvalue weighted by Gasteiger charge is -2.22. The van der Waals surface area contributed by atoms with E-state index < -0.39 is 18.1 Å². The van der Waals surface area contributed by atoms with Crippen LogP contribution in [0.1, 0.15) is 0 Å². The van der Waals surface area contributed by atoms with E-state index in [1.807, 2.05) is 0 Å². The van der Waals surface area contributed by atoms with Crippen LogP contribution in [0.2, 0.25) is 0 Å². The van der Waals surface area contributed by atoms with E-state index in [-0.39, 0.29) is 0 Å². The summed E-state index contributed by atoms with van der Waals surface area (Å²) in [5.41, 5.74) is 5.21. The Morgan fingerprint density at radius 1 is 1.09 bits per heavy atom. The Morgan fingerprint density at radius 3 is 2.00 bits per heavy atom. The summed E-state index contributed by atoms with van der Waals surface area (Å²) in [6.45, 7) is 0. The van der Waals surface area contributed by atoms with E-state index in [0.29, 0.717) is 0 Å². The summed E-state index contributed by atoms with van der Waals surface area (Å²) in [7, 11) is 0. The highest BCUT2D eigenvalue weighted by molar-refractivity contribution is 5.17. The Labute approximate surface area is 62.4 Å². The van der Waals surface area contributed by atoms with Crippen molar-refractivity contribution in [2.45, 2.75) is 12.2 Å². The highest BCUT2D eigenvalue weighted by Gasteiger charge is 2.41. The smallest absolute Gasteiger partial charge is 0.324 e. The van der Waals surface area contributed by atoms with E-state index in [0.717, 1.165) is 6.08 Å². The number of rotatable bonds is 0. The third-order valence-corrected chi connectivity index (χ3v) is 1.56. The first-order valence-electron chi connectivity index (χ1n) is 3.19. The summed E-state index contributed by atoms with van der Waals surface area (Å²) in [5, 5.41) is 0. The van der Waals surface area contributed by atoms with E-state index in [9.17, 15) is 13.2 Å². The van der Waals surface area contributed by atoms with Crippen molar-refractivity contribution in [3.05, 3.63) is 24.3 Å². The standard InChI is InChI=1S/C7H8F3N/c8-7(9,10)5-3-1-2-4-6(5)11/h1-6H,11H2. The van der Waals surface area contributed by atoms with Gasteiger partial charge >= 0.3 is 6.18 Å². The zero-order chi connectivity index (χ0) is 8.48. The largest absolute Gasteiger partial charge is 0.396 e. The zero-order valence-corrected chi connectivity index (χ0v) is 5.68. The Hall–Kier alpha value is -0.770. The van der Waals surface area contributed by atoms with Crippen LogP contribution in [-0.2, 0) is 0 Å². The van der Waals surface area contributed by atoms with Gasteiger partial charge in [0.2, 0.25) is 0 Å². The zero-order valence-electron chi connectivity index (χ0n) is 5.68. The fourth-order valence-electron chi connectivity index (χ4n) is 0.952. The number of alkyl halides is 3. The molecule has 0 heterocycles. The van der Waals surface area contributed by atoms with Crippen LogP contribution in [0.3, 0.4) is 0 Å². The topological polar surface area (TPSA) is 26.0 Å². The number of hydrogen-bond acceptors (Lipinski definition) is 1. The molecule has 2 N–H and O–H groups in total. The van der Waals surface area contributed by atoms with E-state index in [1.165, 1.54) is 18.2 Å². The molecule has 4 heteroatoms. The summed E-state index contributed by atoms with van der Waals surface area (Å²) < 4.78 is 36.1. The molecule has 1 rings (SSSR count). The van der Waals surface area contributed by atoms with Gasteiger partial charge in [0.25, 0.3) is 0 Å². The summed E-state index contributed by atoms with van der Waals surface area (Å²) >= 11 is 0. The Balaban J connectivity index is 2.74. The molecule has 0 aromatic heterocycles. The van der Waals surface area contributed by atoms with Crippen molar-refractivity contribution >= 4 is 0 Å². The SMILES string of the molecule is NC1C=CC=CC1C(F)(F)F. The predicted molar refractivity (Wildman–Crippen MR) is 35.8 cm³/mol. The van der Waals surface area contributed by atoms with Crippen LogP contribution in [0.4, 0.5) is 13.2 Å². The van der Waals surface area contributed by atoms with Crippen molar-refractivity contribution in [3.8, 4) is 0 Å². The minimum Gasteiger partial charge on any atom is -0.324 e. The molecule has 0 bridgehead atoms.